The monoisotopic (exact) mass is 324 g/mol. The second-order valence-electron chi connectivity index (χ2n) is 6.34. The van der Waals surface area contributed by atoms with Gasteiger partial charge < -0.3 is 15.2 Å². The third-order valence-corrected chi connectivity index (χ3v) is 4.62. The van der Waals surface area contributed by atoms with E-state index in [0.29, 0.717) is 12.6 Å². The molecule has 0 amide bonds. The molecule has 2 heterocycles. The van der Waals surface area contributed by atoms with Gasteiger partial charge in [0.1, 0.15) is 11.3 Å². The Kier molecular flexibility index (Phi) is 4.17. The minimum Gasteiger partial charge on any atom is -0.380 e. The van der Waals surface area contributed by atoms with Gasteiger partial charge in [0.05, 0.1) is 17.5 Å². The molecule has 1 aromatic heterocycles. The summed E-state index contributed by atoms with van der Waals surface area (Å²) in [5.41, 5.74) is 4.25. The lowest BCUT2D eigenvalue weighted by Crippen LogP contribution is -2.35. The highest BCUT2D eigenvalue weighted by molar-refractivity contribution is 5.88. The Balaban J connectivity index is 1.59. The zero-order chi connectivity index (χ0) is 16.4. The number of benzene rings is 2. The first-order chi connectivity index (χ1) is 11.8. The van der Waals surface area contributed by atoms with Crippen LogP contribution in [0.25, 0.3) is 11.0 Å². The molecule has 0 aliphatic carbocycles. The predicted octanol–water partition coefficient (Wildman–Crippen LogP) is 3.39. The molecule has 2 N–H and O–H groups in total. The largest absolute Gasteiger partial charge is 0.380 e. The summed E-state index contributed by atoms with van der Waals surface area (Å²) >= 11 is 0. The van der Waals surface area contributed by atoms with Gasteiger partial charge in [-0.3, -0.25) is 0 Å². The number of aromatic nitrogens is 2. The van der Waals surface area contributed by atoms with Crippen molar-refractivity contribution < 1.29 is 4.39 Å². The highest BCUT2D eigenvalue weighted by Crippen LogP contribution is 2.24. The number of para-hydroxylation sites is 1. The average Bonchev–Trinajstić information content (AvgIpc) is 3.02. The van der Waals surface area contributed by atoms with Crippen LogP contribution >= 0.6 is 0 Å². The number of nitrogens with one attached hydrogen (secondary N) is 2. The lowest BCUT2D eigenvalue weighted by atomic mass is 10.1. The van der Waals surface area contributed by atoms with Gasteiger partial charge in [0.25, 0.3) is 0 Å². The molecule has 3 aromatic rings. The van der Waals surface area contributed by atoms with Gasteiger partial charge in [0, 0.05) is 12.6 Å². The van der Waals surface area contributed by atoms with Crippen molar-refractivity contribution in [1.82, 2.24) is 14.9 Å². The van der Waals surface area contributed by atoms with Gasteiger partial charge in [0.2, 0.25) is 0 Å². The Morgan fingerprint density at radius 2 is 1.92 bits per heavy atom. The van der Waals surface area contributed by atoms with Crippen molar-refractivity contribution in [1.29, 1.82) is 0 Å². The summed E-state index contributed by atoms with van der Waals surface area (Å²) in [6, 6.07) is 13.4. The lowest BCUT2D eigenvalue weighted by Gasteiger charge is -2.24. The molecule has 24 heavy (non-hydrogen) atoms. The zero-order valence-electron chi connectivity index (χ0n) is 13.5. The maximum absolute atomic E-state index is 13.1. The summed E-state index contributed by atoms with van der Waals surface area (Å²) in [5.74, 6) is -0.206. The summed E-state index contributed by atoms with van der Waals surface area (Å²) in [6.07, 6.45) is 4.13. The number of imidazole rings is 1. The number of hydrogen-bond donors (Lipinski definition) is 2. The highest BCUT2D eigenvalue weighted by atomic mass is 19.1. The first-order valence-electron chi connectivity index (χ1n) is 8.45. The number of halogens is 1. The van der Waals surface area contributed by atoms with Crippen LogP contribution in [0.3, 0.4) is 0 Å². The molecule has 1 aliphatic heterocycles. The molecule has 4 rings (SSSR count). The Hall–Kier alpha value is -2.40. The smallest absolute Gasteiger partial charge is 0.123 e. The molecule has 2 aromatic carbocycles. The molecule has 0 saturated carbocycles. The number of hydrogen-bond acceptors (Lipinski definition) is 3. The third-order valence-electron chi connectivity index (χ3n) is 4.62. The molecule has 0 radical (unpaired) electrons. The molecule has 0 atom stereocenters. The van der Waals surface area contributed by atoms with Crippen LogP contribution in [0.1, 0.15) is 18.4 Å². The van der Waals surface area contributed by atoms with Crippen molar-refractivity contribution >= 4 is 16.7 Å². The van der Waals surface area contributed by atoms with Crippen molar-refractivity contribution in [2.45, 2.75) is 25.4 Å². The van der Waals surface area contributed by atoms with E-state index in [-0.39, 0.29) is 5.82 Å². The number of rotatable bonds is 4. The quantitative estimate of drug-likeness (QED) is 0.773. The summed E-state index contributed by atoms with van der Waals surface area (Å²) in [5, 5.41) is 7.03. The first-order valence-corrected chi connectivity index (χ1v) is 8.45. The van der Waals surface area contributed by atoms with Gasteiger partial charge in [-0.2, -0.15) is 0 Å². The SMILES string of the molecule is Fc1ccc(Cn2cnc3c(NC4CCNCC4)cccc32)cc1. The second-order valence-corrected chi connectivity index (χ2v) is 6.34. The van der Waals surface area contributed by atoms with E-state index in [4.69, 9.17) is 0 Å². The van der Waals surface area contributed by atoms with Crippen LogP contribution in [0, 0.1) is 5.82 Å². The molecular weight excluding hydrogens is 303 g/mol. The van der Waals surface area contributed by atoms with E-state index in [1.54, 1.807) is 0 Å². The van der Waals surface area contributed by atoms with Crippen molar-refractivity contribution in [3.05, 3.63) is 60.2 Å². The molecule has 4 nitrogen and oxygen atoms in total. The van der Waals surface area contributed by atoms with Gasteiger partial charge >= 0.3 is 0 Å². The van der Waals surface area contributed by atoms with Crippen molar-refractivity contribution in [2.75, 3.05) is 18.4 Å². The second kappa shape index (κ2) is 6.61. The van der Waals surface area contributed by atoms with E-state index >= 15 is 0 Å². The minimum absolute atomic E-state index is 0.206. The molecule has 5 heteroatoms. The van der Waals surface area contributed by atoms with E-state index in [0.717, 1.165) is 48.2 Å². The summed E-state index contributed by atoms with van der Waals surface area (Å²) in [7, 11) is 0. The van der Waals surface area contributed by atoms with Crippen LogP contribution in [0.5, 0.6) is 0 Å². The van der Waals surface area contributed by atoms with Crippen LogP contribution < -0.4 is 10.6 Å². The Morgan fingerprint density at radius 3 is 2.71 bits per heavy atom. The highest BCUT2D eigenvalue weighted by Gasteiger charge is 2.15. The molecule has 0 bridgehead atoms. The van der Waals surface area contributed by atoms with Gasteiger partial charge in [-0.15, -0.1) is 0 Å². The Labute approximate surface area is 140 Å². The molecule has 1 aliphatic rings. The fraction of sp³-hybridized carbons (Fsp3) is 0.316. The Morgan fingerprint density at radius 1 is 1.12 bits per heavy atom. The van der Waals surface area contributed by atoms with Crippen LogP contribution in [-0.4, -0.2) is 28.7 Å². The molecule has 0 spiro atoms. The van der Waals surface area contributed by atoms with Gasteiger partial charge in [-0.25, -0.2) is 9.37 Å². The van der Waals surface area contributed by atoms with E-state index in [1.807, 2.05) is 18.5 Å². The van der Waals surface area contributed by atoms with Gasteiger partial charge in [-0.1, -0.05) is 18.2 Å². The minimum atomic E-state index is -0.206. The van der Waals surface area contributed by atoms with Crippen molar-refractivity contribution in [3.63, 3.8) is 0 Å². The molecule has 0 unspecified atom stereocenters. The van der Waals surface area contributed by atoms with E-state index < -0.39 is 0 Å². The van der Waals surface area contributed by atoms with E-state index in [9.17, 15) is 4.39 Å². The third kappa shape index (κ3) is 3.12. The van der Waals surface area contributed by atoms with E-state index in [2.05, 4.69) is 38.4 Å². The van der Waals surface area contributed by atoms with Crippen molar-refractivity contribution in [2.24, 2.45) is 0 Å². The van der Waals surface area contributed by atoms with Gasteiger partial charge in [0.15, 0.2) is 0 Å². The average molecular weight is 324 g/mol. The topological polar surface area (TPSA) is 41.9 Å². The molecule has 1 saturated heterocycles. The summed E-state index contributed by atoms with van der Waals surface area (Å²) < 4.78 is 15.2. The summed E-state index contributed by atoms with van der Waals surface area (Å²) in [4.78, 5) is 4.61. The number of anilines is 1. The maximum Gasteiger partial charge on any atom is 0.123 e. The number of piperidine rings is 1. The zero-order valence-corrected chi connectivity index (χ0v) is 13.5. The maximum atomic E-state index is 13.1. The van der Waals surface area contributed by atoms with E-state index in [1.165, 1.54) is 12.1 Å². The lowest BCUT2D eigenvalue weighted by molar-refractivity contribution is 0.479. The standard InChI is InChI=1S/C19H21FN4/c20-15-6-4-14(5-7-15)12-24-13-22-19-17(2-1-3-18(19)24)23-16-8-10-21-11-9-16/h1-7,13,16,21,23H,8-12H2. The van der Waals surface area contributed by atoms with Crippen LogP contribution in [-0.2, 0) is 6.54 Å². The molecular formula is C19H21FN4. The fourth-order valence-electron chi connectivity index (χ4n) is 3.30. The molecule has 1 fully saturated rings. The molecule has 124 valence electrons. The van der Waals surface area contributed by atoms with Crippen LogP contribution in [0.2, 0.25) is 0 Å². The fourth-order valence-corrected chi connectivity index (χ4v) is 3.30. The first kappa shape index (κ1) is 15.1. The Bertz CT molecular complexity index is 819. The predicted molar refractivity (Wildman–Crippen MR) is 94.7 cm³/mol. The normalized spacial score (nSPS) is 15.7. The van der Waals surface area contributed by atoms with Crippen LogP contribution in [0.15, 0.2) is 48.8 Å². The van der Waals surface area contributed by atoms with Gasteiger partial charge in [-0.05, 0) is 55.8 Å². The van der Waals surface area contributed by atoms with Crippen molar-refractivity contribution in [3.8, 4) is 0 Å². The summed E-state index contributed by atoms with van der Waals surface area (Å²) in [6.45, 7) is 2.81. The number of fused-ring (bicyclic) bond motifs is 1. The van der Waals surface area contributed by atoms with Crippen LogP contribution in [0.4, 0.5) is 10.1 Å². The number of nitrogens with zero attached hydrogens (tertiary/aromatic N) is 2.